The summed E-state index contributed by atoms with van der Waals surface area (Å²) in [7, 11) is 0. The van der Waals surface area contributed by atoms with Crippen LogP contribution in [0.25, 0.3) is 0 Å². The monoisotopic (exact) mass is 642 g/mol. The average molecular weight is 643 g/mol. The fourth-order valence-corrected chi connectivity index (χ4v) is 6.67. The van der Waals surface area contributed by atoms with Gasteiger partial charge in [0.05, 0.1) is 12.5 Å². The Balaban J connectivity index is 1.40. The Labute approximate surface area is 262 Å². The topological polar surface area (TPSA) is 87.0 Å². The van der Waals surface area contributed by atoms with Crippen LogP contribution in [0.3, 0.4) is 0 Å². The molecule has 1 heterocycles. The van der Waals surface area contributed by atoms with Crippen LogP contribution in [0.1, 0.15) is 120 Å². The van der Waals surface area contributed by atoms with Crippen molar-refractivity contribution in [1.82, 2.24) is 0 Å². The summed E-state index contributed by atoms with van der Waals surface area (Å²) in [6.45, 7) is 2.63. The van der Waals surface area contributed by atoms with Crippen molar-refractivity contribution in [3.63, 3.8) is 0 Å². The number of phenolic OH excluding ortho intramolecular Hbond substituents is 2. The standard InChI is InChI=1S/C35H47F5O5/c1-2-33(26-16-18-27(41)19-17-26)24-45-31-23-28(42)20-21-29(31)30(33)15-11-6-4-3-5-9-13-25(32(43)44)14-10-7-8-12-22-34(36,37)35(38,39)40/h16-21,23,25,30,41-42H,2-15,22,24H2,1H3,(H,43,44)/t25?,30-,33-/m1/s1. The maximum absolute atomic E-state index is 13.0. The molecule has 3 rings (SSSR count). The van der Waals surface area contributed by atoms with Crippen LogP contribution >= 0.6 is 0 Å². The van der Waals surface area contributed by atoms with Gasteiger partial charge in [0.1, 0.15) is 17.2 Å². The van der Waals surface area contributed by atoms with Gasteiger partial charge in [-0.15, -0.1) is 0 Å². The molecule has 1 aliphatic rings. The molecule has 0 fully saturated rings. The third kappa shape index (κ3) is 9.97. The van der Waals surface area contributed by atoms with Gasteiger partial charge < -0.3 is 20.1 Å². The van der Waals surface area contributed by atoms with Gasteiger partial charge in [-0.05, 0) is 61.4 Å². The van der Waals surface area contributed by atoms with Crippen molar-refractivity contribution in [2.24, 2.45) is 5.92 Å². The number of aromatic hydroxyl groups is 2. The summed E-state index contributed by atoms with van der Waals surface area (Å²) in [5, 5.41) is 29.4. The summed E-state index contributed by atoms with van der Waals surface area (Å²) >= 11 is 0. The van der Waals surface area contributed by atoms with E-state index in [-0.39, 0.29) is 35.7 Å². The van der Waals surface area contributed by atoms with E-state index in [4.69, 9.17) is 4.74 Å². The molecular formula is C35H47F5O5. The fraction of sp³-hybridized carbons (Fsp3) is 0.629. The molecule has 0 saturated carbocycles. The molecule has 1 unspecified atom stereocenters. The maximum Gasteiger partial charge on any atom is 0.453 e. The third-order valence-corrected chi connectivity index (χ3v) is 9.45. The summed E-state index contributed by atoms with van der Waals surface area (Å²) in [5.74, 6) is -4.84. The SMILES string of the molecule is CC[C@]1(c2ccc(O)cc2)COc2cc(O)ccc2[C@H]1CCCCCCCCC(CCCCCCC(F)(F)C(F)(F)F)C(=O)O. The molecule has 3 atom stereocenters. The van der Waals surface area contributed by atoms with Crippen molar-refractivity contribution < 1.29 is 46.8 Å². The number of carboxylic acids is 1. The van der Waals surface area contributed by atoms with Crippen LogP contribution < -0.4 is 4.74 Å². The van der Waals surface area contributed by atoms with E-state index in [1.165, 1.54) is 0 Å². The van der Waals surface area contributed by atoms with E-state index in [1.54, 1.807) is 24.3 Å². The van der Waals surface area contributed by atoms with E-state index in [1.807, 2.05) is 18.2 Å². The molecule has 2 aromatic carbocycles. The van der Waals surface area contributed by atoms with Crippen molar-refractivity contribution in [3.8, 4) is 17.2 Å². The lowest BCUT2D eigenvalue weighted by atomic mass is 9.63. The number of carbonyl (C=O) groups is 1. The molecular weight excluding hydrogens is 595 g/mol. The normalized spacial score (nSPS) is 19.1. The first kappa shape index (κ1) is 36.4. The first-order chi connectivity index (χ1) is 21.3. The summed E-state index contributed by atoms with van der Waals surface area (Å²) in [6.07, 6.45) is 2.54. The van der Waals surface area contributed by atoms with Gasteiger partial charge in [-0.1, -0.05) is 82.9 Å². The van der Waals surface area contributed by atoms with Gasteiger partial charge in [0.25, 0.3) is 0 Å². The van der Waals surface area contributed by atoms with Gasteiger partial charge in [-0.2, -0.15) is 22.0 Å². The van der Waals surface area contributed by atoms with E-state index in [2.05, 4.69) is 6.92 Å². The molecule has 10 heteroatoms. The summed E-state index contributed by atoms with van der Waals surface area (Å²) in [4.78, 5) is 11.7. The van der Waals surface area contributed by atoms with E-state index < -0.39 is 30.4 Å². The summed E-state index contributed by atoms with van der Waals surface area (Å²) in [6, 6.07) is 12.7. The Morgan fingerprint density at radius 3 is 1.98 bits per heavy atom. The first-order valence-corrected chi connectivity index (χ1v) is 16.2. The molecule has 0 aliphatic carbocycles. The van der Waals surface area contributed by atoms with Crippen LogP contribution in [0.4, 0.5) is 22.0 Å². The second-order valence-electron chi connectivity index (χ2n) is 12.5. The predicted molar refractivity (Wildman–Crippen MR) is 163 cm³/mol. The predicted octanol–water partition coefficient (Wildman–Crippen LogP) is 10.3. The Morgan fingerprint density at radius 2 is 1.40 bits per heavy atom. The number of rotatable bonds is 19. The molecule has 1 aliphatic heterocycles. The Morgan fingerprint density at radius 1 is 0.844 bits per heavy atom. The highest BCUT2D eigenvalue weighted by atomic mass is 19.4. The van der Waals surface area contributed by atoms with Crippen molar-refractivity contribution >= 4 is 5.97 Å². The average Bonchev–Trinajstić information content (AvgIpc) is 2.98. The molecule has 45 heavy (non-hydrogen) atoms. The number of alkyl halides is 5. The van der Waals surface area contributed by atoms with Crippen molar-refractivity contribution in [3.05, 3.63) is 53.6 Å². The van der Waals surface area contributed by atoms with Crippen molar-refractivity contribution in [2.45, 2.75) is 127 Å². The minimum Gasteiger partial charge on any atom is -0.508 e. The number of fused-ring (bicyclic) bond motifs is 1. The summed E-state index contributed by atoms with van der Waals surface area (Å²) < 4.78 is 68.9. The smallest absolute Gasteiger partial charge is 0.453 e. The molecule has 0 amide bonds. The fourth-order valence-electron chi connectivity index (χ4n) is 6.67. The number of unbranched alkanes of at least 4 members (excludes halogenated alkanes) is 8. The van der Waals surface area contributed by atoms with Crippen LogP contribution in [-0.2, 0) is 10.2 Å². The highest BCUT2D eigenvalue weighted by Gasteiger charge is 2.56. The van der Waals surface area contributed by atoms with Crippen molar-refractivity contribution in [2.75, 3.05) is 6.61 Å². The lowest BCUT2D eigenvalue weighted by Gasteiger charge is -2.45. The highest BCUT2D eigenvalue weighted by molar-refractivity contribution is 5.69. The largest absolute Gasteiger partial charge is 0.508 e. The molecule has 252 valence electrons. The van der Waals surface area contributed by atoms with Gasteiger partial charge in [0.2, 0.25) is 0 Å². The molecule has 0 spiro atoms. The van der Waals surface area contributed by atoms with E-state index in [9.17, 15) is 42.1 Å². The molecule has 3 N–H and O–H groups in total. The maximum atomic E-state index is 13.0. The highest BCUT2D eigenvalue weighted by Crippen LogP contribution is 2.51. The van der Waals surface area contributed by atoms with Gasteiger partial charge in [0, 0.05) is 23.8 Å². The lowest BCUT2D eigenvalue weighted by Crippen LogP contribution is -2.42. The number of ether oxygens (including phenoxy) is 1. The number of halogens is 5. The number of phenols is 2. The zero-order chi connectivity index (χ0) is 33.1. The quantitative estimate of drug-likeness (QED) is 0.105. The number of hydrogen-bond acceptors (Lipinski definition) is 4. The number of carboxylic acid groups (broad SMARTS) is 1. The Kier molecular flexibility index (Phi) is 13.4. The first-order valence-electron chi connectivity index (χ1n) is 16.2. The van der Waals surface area contributed by atoms with Crippen LogP contribution in [0, 0.1) is 5.92 Å². The number of hydrogen-bond donors (Lipinski definition) is 3. The van der Waals surface area contributed by atoms with Crippen LogP contribution in [0.2, 0.25) is 0 Å². The van der Waals surface area contributed by atoms with Crippen LogP contribution in [0.5, 0.6) is 17.2 Å². The zero-order valence-electron chi connectivity index (χ0n) is 26.1. The van der Waals surface area contributed by atoms with Crippen LogP contribution in [-0.4, -0.2) is 40.0 Å². The number of benzene rings is 2. The molecule has 0 saturated heterocycles. The van der Waals surface area contributed by atoms with Crippen molar-refractivity contribution in [1.29, 1.82) is 0 Å². The minimum atomic E-state index is -5.53. The molecule has 0 bridgehead atoms. The van der Waals surface area contributed by atoms with Crippen LogP contribution in [0.15, 0.2) is 42.5 Å². The Bertz CT molecular complexity index is 1200. The molecule has 0 aromatic heterocycles. The summed E-state index contributed by atoms with van der Waals surface area (Å²) in [5.41, 5.74) is 1.92. The van der Waals surface area contributed by atoms with E-state index in [0.717, 1.165) is 62.5 Å². The Hall–Kier alpha value is -3.04. The molecule has 0 radical (unpaired) electrons. The molecule has 5 nitrogen and oxygen atoms in total. The van der Waals surface area contributed by atoms with Gasteiger partial charge in [0.15, 0.2) is 0 Å². The second kappa shape index (κ2) is 16.5. The lowest BCUT2D eigenvalue weighted by molar-refractivity contribution is -0.284. The van der Waals surface area contributed by atoms with E-state index in [0.29, 0.717) is 38.0 Å². The van der Waals surface area contributed by atoms with Gasteiger partial charge >= 0.3 is 18.1 Å². The van der Waals surface area contributed by atoms with Gasteiger partial charge in [-0.3, -0.25) is 4.79 Å². The third-order valence-electron chi connectivity index (χ3n) is 9.45. The second-order valence-corrected chi connectivity index (χ2v) is 12.5. The number of aliphatic carboxylic acids is 1. The zero-order valence-corrected chi connectivity index (χ0v) is 26.1. The minimum absolute atomic E-state index is 0.165. The van der Waals surface area contributed by atoms with Gasteiger partial charge in [-0.25, -0.2) is 0 Å². The molecule has 2 aromatic rings. The van der Waals surface area contributed by atoms with E-state index >= 15 is 0 Å².